The number of hydrogen-bond donors (Lipinski definition) is 1. The molecule has 0 unspecified atom stereocenters. The average Bonchev–Trinajstić information content (AvgIpc) is 2.89. The van der Waals surface area contributed by atoms with Crippen LogP contribution in [0.3, 0.4) is 0 Å². The minimum Gasteiger partial charge on any atom is -0.452 e. The molecule has 0 atom stereocenters. The molecule has 0 aliphatic heterocycles. The zero-order valence-corrected chi connectivity index (χ0v) is 10.7. The summed E-state index contributed by atoms with van der Waals surface area (Å²) < 4.78 is 5.77. The molecule has 6 heteroatoms. The van der Waals surface area contributed by atoms with Gasteiger partial charge in [-0.15, -0.1) is 17.8 Å². The summed E-state index contributed by atoms with van der Waals surface area (Å²) in [6, 6.07) is 5.04. The van der Waals surface area contributed by atoms with Crippen LogP contribution in [0.25, 0.3) is 10.2 Å². The lowest BCUT2D eigenvalue weighted by Gasteiger charge is -2.04. The minimum absolute atomic E-state index is 0.114. The Morgan fingerprint density at radius 3 is 3.11 bits per heavy atom. The zero-order valence-electron chi connectivity index (χ0n) is 9.88. The zero-order chi connectivity index (χ0) is 13.7. The summed E-state index contributed by atoms with van der Waals surface area (Å²) in [7, 11) is 0. The van der Waals surface area contributed by atoms with Crippen LogP contribution in [0.2, 0.25) is 0 Å². The number of carbonyl (C=O) groups is 2. The van der Waals surface area contributed by atoms with Crippen molar-refractivity contribution in [2.75, 3.05) is 13.2 Å². The number of rotatable bonds is 4. The van der Waals surface area contributed by atoms with E-state index in [1.54, 1.807) is 23.7 Å². The molecule has 1 aromatic carbocycles. The lowest BCUT2D eigenvalue weighted by molar-refractivity contribution is -0.123. The second-order valence-corrected chi connectivity index (χ2v) is 4.48. The van der Waals surface area contributed by atoms with E-state index >= 15 is 0 Å². The summed E-state index contributed by atoms with van der Waals surface area (Å²) in [5, 5.41) is 2.40. The topological polar surface area (TPSA) is 68.3 Å². The molecular formula is C13H10N2O3S. The highest BCUT2D eigenvalue weighted by atomic mass is 32.1. The number of amides is 1. The maximum atomic E-state index is 11.7. The van der Waals surface area contributed by atoms with Crippen molar-refractivity contribution in [1.29, 1.82) is 0 Å². The third-order valence-corrected chi connectivity index (χ3v) is 3.08. The predicted molar refractivity (Wildman–Crippen MR) is 71.7 cm³/mol. The molecule has 1 heterocycles. The van der Waals surface area contributed by atoms with E-state index in [9.17, 15) is 9.59 Å². The summed E-state index contributed by atoms with van der Waals surface area (Å²) in [6.07, 6.45) is 4.99. The van der Waals surface area contributed by atoms with E-state index in [1.807, 2.05) is 0 Å². The van der Waals surface area contributed by atoms with Gasteiger partial charge in [-0.05, 0) is 18.2 Å². The first kappa shape index (κ1) is 13.1. The van der Waals surface area contributed by atoms with Crippen molar-refractivity contribution in [2.45, 2.75) is 0 Å². The second-order valence-electron chi connectivity index (χ2n) is 3.59. The third kappa shape index (κ3) is 3.30. The molecule has 96 valence electrons. The lowest BCUT2D eigenvalue weighted by Crippen LogP contribution is -2.28. The van der Waals surface area contributed by atoms with Crippen molar-refractivity contribution in [3.05, 3.63) is 29.3 Å². The van der Waals surface area contributed by atoms with Crippen molar-refractivity contribution >= 4 is 33.4 Å². The SMILES string of the molecule is C#CCNC(=O)COC(=O)c1ccc2ncsc2c1. The van der Waals surface area contributed by atoms with Crippen LogP contribution in [-0.2, 0) is 9.53 Å². The summed E-state index contributed by atoms with van der Waals surface area (Å²) in [5.41, 5.74) is 2.92. The van der Waals surface area contributed by atoms with Crippen molar-refractivity contribution in [2.24, 2.45) is 0 Å². The molecule has 0 saturated carbocycles. The maximum Gasteiger partial charge on any atom is 0.338 e. The third-order valence-electron chi connectivity index (χ3n) is 2.29. The van der Waals surface area contributed by atoms with E-state index in [1.165, 1.54) is 11.3 Å². The fourth-order valence-corrected chi connectivity index (χ4v) is 2.11. The van der Waals surface area contributed by atoms with E-state index in [-0.39, 0.29) is 13.2 Å². The first-order valence-electron chi connectivity index (χ1n) is 5.41. The molecular weight excluding hydrogens is 264 g/mol. The molecule has 1 aromatic heterocycles. The van der Waals surface area contributed by atoms with Crippen LogP contribution in [0.15, 0.2) is 23.7 Å². The summed E-state index contributed by atoms with van der Waals surface area (Å²) in [4.78, 5) is 27.1. The number of carbonyl (C=O) groups excluding carboxylic acids is 2. The molecule has 1 amide bonds. The van der Waals surface area contributed by atoms with Gasteiger partial charge >= 0.3 is 5.97 Å². The number of terminal acetylenes is 1. The first-order chi connectivity index (χ1) is 9.20. The van der Waals surface area contributed by atoms with Gasteiger partial charge in [0.05, 0.1) is 27.8 Å². The van der Waals surface area contributed by atoms with Crippen LogP contribution in [0.5, 0.6) is 0 Å². The first-order valence-corrected chi connectivity index (χ1v) is 6.29. The van der Waals surface area contributed by atoms with Gasteiger partial charge in [0.15, 0.2) is 6.61 Å². The summed E-state index contributed by atoms with van der Waals surface area (Å²) >= 11 is 1.43. The fraction of sp³-hybridized carbons (Fsp3) is 0.154. The molecule has 0 aliphatic carbocycles. The highest BCUT2D eigenvalue weighted by molar-refractivity contribution is 7.16. The summed E-state index contributed by atoms with van der Waals surface area (Å²) in [5.74, 6) is 1.28. The van der Waals surface area contributed by atoms with E-state index in [0.29, 0.717) is 5.56 Å². The maximum absolute atomic E-state index is 11.7. The number of nitrogens with zero attached hydrogens (tertiary/aromatic N) is 1. The highest BCUT2D eigenvalue weighted by Crippen LogP contribution is 2.19. The van der Waals surface area contributed by atoms with E-state index < -0.39 is 11.9 Å². The van der Waals surface area contributed by atoms with Crippen LogP contribution in [0.1, 0.15) is 10.4 Å². The second kappa shape index (κ2) is 5.98. The normalized spacial score (nSPS) is 9.84. The van der Waals surface area contributed by atoms with Gasteiger partial charge in [0.2, 0.25) is 0 Å². The van der Waals surface area contributed by atoms with E-state index in [2.05, 4.69) is 16.2 Å². The Hall–Kier alpha value is -2.39. The minimum atomic E-state index is -0.550. The Labute approximate surface area is 113 Å². The molecule has 0 radical (unpaired) electrons. The standard InChI is InChI=1S/C13H10N2O3S/c1-2-5-14-12(16)7-18-13(17)9-3-4-10-11(6-9)19-8-15-10/h1,3-4,6,8H,5,7H2,(H,14,16). The molecule has 0 bridgehead atoms. The number of ether oxygens (including phenoxy) is 1. The van der Waals surface area contributed by atoms with Crippen LogP contribution in [-0.4, -0.2) is 30.0 Å². The van der Waals surface area contributed by atoms with Gasteiger partial charge in [0, 0.05) is 0 Å². The van der Waals surface area contributed by atoms with Gasteiger partial charge in [-0.25, -0.2) is 9.78 Å². The molecule has 2 aromatic rings. The largest absolute Gasteiger partial charge is 0.452 e. The number of thiazole rings is 1. The monoisotopic (exact) mass is 274 g/mol. The molecule has 0 spiro atoms. The highest BCUT2D eigenvalue weighted by Gasteiger charge is 2.11. The molecule has 1 N–H and O–H groups in total. The van der Waals surface area contributed by atoms with Gasteiger partial charge in [0.1, 0.15) is 0 Å². The number of nitrogens with one attached hydrogen (secondary N) is 1. The van der Waals surface area contributed by atoms with Crippen LogP contribution >= 0.6 is 11.3 Å². The molecule has 0 aliphatic rings. The number of aromatic nitrogens is 1. The number of hydrogen-bond acceptors (Lipinski definition) is 5. The summed E-state index contributed by atoms with van der Waals surface area (Å²) in [6.45, 7) is -0.232. The Morgan fingerprint density at radius 2 is 2.32 bits per heavy atom. The quantitative estimate of drug-likeness (QED) is 0.672. The van der Waals surface area contributed by atoms with Crippen molar-refractivity contribution in [1.82, 2.24) is 10.3 Å². The van der Waals surface area contributed by atoms with Gasteiger partial charge in [0.25, 0.3) is 5.91 Å². The number of benzene rings is 1. The molecule has 2 rings (SSSR count). The smallest absolute Gasteiger partial charge is 0.338 e. The Morgan fingerprint density at radius 1 is 1.47 bits per heavy atom. The average molecular weight is 274 g/mol. The van der Waals surface area contributed by atoms with Gasteiger partial charge < -0.3 is 10.1 Å². The van der Waals surface area contributed by atoms with Crippen LogP contribution in [0.4, 0.5) is 0 Å². The van der Waals surface area contributed by atoms with Gasteiger partial charge in [-0.2, -0.15) is 0 Å². The van der Waals surface area contributed by atoms with Crippen LogP contribution < -0.4 is 5.32 Å². The van der Waals surface area contributed by atoms with Gasteiger partial charge in [-0.1, -0.05) is 5.92 Å². The van der Waals surface area contributed by atoms with Gasteiger partial charge in [-0.3, -0.25) is 4.79 Å². The number of fused-ring (bicyclic) bond motifs is 1. The van der Waals surface area contributed by atoms with Crippen LogP contribution in [0, 0.1) is 12.3 Å². The van der Waals surface area contributed by atoms with Crippen molar-refractivity contribution < 1.29 is 14.3 Å². The lowest BCUT2D eigenvalue weighted by atomic mass is 10.2. The van der Waals surface area contributed by atoms with E-state index in [0.717, 1.165) is 10.2 Å². The molecule has 0 saturated heterocycles. The Balaban J connectivity index is 1.96. The van der Waals surface area contributed by atoms with E-state index in [4.69, 9.17) is 11.2 Å². The molecule has 0 fully saturated rings. The Kier molecular flexibility index (Phi) is 4.11. The Bertz CT molecular complexity index is 657. The molecule has 19 heavy (non-hydrogen) atoms. The predicted octanol–water partition coefficient (Wildman–Crippen LogP) is 1.20. The fourth-order valence-electron chi connectivity index (χ4n) is 1.40. The number of esters is 1. The van der Waals surface area contributed by atoms with Crippen molar-refractivity contribution in [3.63, 3.8) is 0 Å². The van der Waals surface area contributed by atoms with Crippen molar-refractivity contribution in [3.8, 4) is 12.3 Å². The molecule has 5 nitrogen and oxygen atoms in total.